The summed E-state index contributed by atoms with van der Waals surface area (Å²) in [6, 6.07) is 16.1. The largest absolute Gasteiger partial charge is 0.497 e. The molecule has 28 heavy (non-hydrogen) atoms. The molecule has 0 radical (unpaired) electrons. The van der Waals surface area contributed by atoms with Crippen molar-refractivity contribution < 1.29 is 14.6 Å². The Balaban J connectivity index is 0.00000196. The van der Waals surface area contributed by atoms with Gasteiger partial charge in [0.1, 0.15) is 24.2 Å². The number of ether oxygens (including phenoxy) is 2. The van der Waals surface area contributed by atoms with Gasteiger partial charge >= 0.3 is 0 Å². The molecule has 5 nitrogen and oxygen atoms in total. The minimum absolute atomic E-state index is 0. The number of piperazine rings is 1. The number of rotatable bonds is 7. The second kappa shape index (κ2) is 12.0. The van der Waals surface area contributed by atoms with Gasteiger partial charge in [-0.05, 0) is 48.9 Å². The van der Waals surface area contributed by atoms with Gasteiger partial charge in [-0.2, -0.15) is 0 Å². The molecule has 2 aromatic carbocycles. The van der Waals surface area contributed by atoms with Crippen LogP contribution in [-0.2, 0) is 0 Å². The maximum absolute atomic E-state index is 10.3. The summed E-state index contributed by atoms with van der Waals surface area (Å²) < 4.78 is 10.9. The Hall–Kier alpha value is -1.66. The number of β-amino-alcohol motifs (C(OH)–C–C–N with tert-alkyl or cyclic N) is 1. The van der Waals surface area contributed by atoms with E-state index in [1.807, 2.05) is 43.3 Å². The molecule has 0 aromatic heterocycles. The van der Waals surface area contributed by atoms with Crippen LogP contribution in [0.5, 0.6) is 11.5 Å². The Morgan fingerprint density at radius 3 is 2.25 bits per heavy atom. The van der Waals surface area contributed by atoms with Crippen LogP contribution in [0.25, 0.3) is 0 Å². The Labute approximate surface area is 180 Å². The molecule has 1 unspecified atom stereocenters. The van der Waals surface area contributed by atoms with Crippen LogP contribution >= 0.6 is 24.8 Å². The van der Waals surface area contributed by atoms with Crippen LogP contribution < -0.4 is 14.4 Å². The number of methoxy groups -OCH3 is 1. The average Bonchev–Trinajstić information content (AvgIpc) is 2.67. The van der Waals surface area contributed by atoms with Crippen LogP contribution in [0.1, 0.15) is 5.56 Å². The lowest BCUT2D eigenvalue weighted by Crippen LogP contribution is -2.49. The second-order valence-electron chi connectivity index (χ2n) is 6.77. The van der Waals surface area contributed by atoms with Crippen LogP contribution in [0, 0.1) is 6.92 Å². The van der Waals surface area contributed by atoms with Gasteiger partial charge in [0, 0.05) is 38.4 Å². The molecule has 0 bridgehead atoms. The van der Waals surface area contributed by atoms with Crippen LogP contribution in [0.4, 0.5) is 5.69 Å². The van der Waals surface area contributed by atoms with Crippen molar-refractivity contribution in [2.45, 2.75) is 13.0 Å². The summed E-state index contributed by atoms with van der Waals surface area (Å²) in [5, 5.41) is 10.3. The molecule has 156 valence electrons. The van der Waals surface area contributed by atoms with Crippen molar-refractivity contribution >= 4 is 30.5 Å². The summed E-state index contributed by atoms with van der Waals surface area (Å²) in [5.74, 6) is 1.69. The highest BCUT2D eigenvalue weighted by Crippen LogP contribution is 2.20. The van der Waals surface area contributed by atoms with Crippen molar-refractivity contribution in [1.29, 1.82) is 0 Å². The zero-order valence-electron chi connectivity index (χ0n) is 16.4. The van der Waals surface area contributed by atoms with Crippen LogP contribution in [0.3, 0.4) is 0 Å². The van der Waals surface area contributed by atoms with E-state index in [1.54, 1.807) is 7.11 Å². The molecule has 1 saturated heterocycles. The second-order valence-corrected chi connectivity index (χ2v) is 6.77. The quantitative estimate of drug-likeness (QED) is 0.731. The fourth-order valence-corrected chi connectivity index (χ4v) is 3.23. The van der Waals surface area contributed by atoms with E-state index >= 15 is 0 Å². The molecular weight excluding hydrogens is 399 g/mol. The van der Waals surface area contributed by atoms with Gasteiger partial charge in [-0.1, -0.05) is 12.1 Å². The zero-order chi connectivity index (χ0) is 18.4. The third-order valence-electron chi connectivity index (χ3n) is 4.71. The molecule has 1 N–H and O–H groups in total. The van der Waals surface area contributed by atoms with Crippen molar-refractivity contribution in [2.75, 3.05) is 51.3 Å². The van der Waals surface area contributed by atoms with Crippen molar-refractivity contribution in [3.05, 3.63) is 54.1 Å². The smallest absolute Gasteiger partial charge is 0.119 e. The Bertz CT molecular complexity index is 692. The average molecular weight is 429 g/mol. The maximum Gasteiger partial charge on any atom is 0.119 e. The Morgan fingerprint density at radius 2 is 1.64 bits per heavy atom. The number of aliphatic hydroxyl groups is 1. The normalized spacial score (nSPS) is 15.2. The van der Waals surface area contributed by atoms with Gasteiger partial charge in [0.25, 0.3) is 0 Å². The number of hydrogen-bond acceptors (Lipinski definition) is 5. The van der Waals surface area contributed by atoms with Gasteiger partial charge in [-0.3, -0.25) is 4.90 Å². The third kappa shape index (κ3) is 7.06. The first-order chi connectivity index (χ1) is 12.6. The Morgan fingerprint density at radius 1 is 0.964 bits per heavy atom. The van der Waals surface area contributed by atoms with Crippen molar-refractivity contribution in [3.8, 4) is 11.5 Å². The van der Waals surface area contributed by atoms with Gasteiger partial charge < -0.3 is 19.5 Å². The molecule has 1 atom stereocenters. The summed E-state index contributed by atoms with van der Waals surface area (Å²) in [6.45, 7) is 6.78. The molecule has 0 saturated carbocycles. The van der Waals surface area contributed by atoms with E-state index in [0.29, 0.717) is 13.2 Å². The minimum Gasteiger partial charge on any atom is -0.497 e. The van der Waals surface area contributed by atoms with Gasteiger partial charge in [0.15, 0.2) is 0 Å². The number of hydrogen-bond donors (Lipinski definition) is 1. The number of halogens is 2. The standard InChI is InChI=1S/C21H28N2O3.2ClH/c1-17-4-3-5-21(14-17)26-16-19(24)15-22-10-12-23(13-11-22)18-6-8-20(25-2)9-7-18;;/h3-9,14,19,24H,10-13,15-16H2,1-2H3;2*1H. The van der Waals surface area contributed by atoms with Crippen LogP contribution in [0.2, 0.25) is 0 Å². The Kier molecular flexibility index (Phi) is 10.5. The molecule has 1 aliphatic rings. The van der Waals surface area contributed by atoms with E-state index in [-0.39, 0.29) is 24.8 Å². The van der Waals surface area contributed by atoms with Crippen molar-refractivity contribution in [2.24, 2.45) is 0 Å². The highest BCUT2D eigenvalue weighted by Gasteiger charge is 2.19. The van der Waals surface area contributed by atoms with Crippen molar-refractivity contribution in [3.63, 3.8) is 0 Å². The fraction of sp³-hybridized carbons (Fsp3) is 0.429. The van der Waals surface area contributed by atoms with Gasteiger partial charge in [0.05, 0.1) is 7.11 Å². The summed E-state index contributed by atoms with van der Waals surface area (Å²) in [6.07, 6.45) is -0.483. The topological polar surface area (TPSA) is 45.2 Å². The number of anilines is 1. The van der Waals surface area contributed by atoms with E-state index in [2.05, 4.69) is 21.9 Å². The highest BCUT2D eigenvalue weighted by molar-refractivity contribution is 5.85. The molecule has 0 spiro atoms. The lowest BCUT2D eigenvalue weighted by molar-refractivity contribution is 0.0663. The fourth-order valence-electron chi connectivity index (χ4n) is 3.23. The van der Waals surface area contributed by atoms with Gasteiger partial charge in [-0.25, -0.2) is 0 Å². The third-order valence-corrected chi connectivity index (χ3v) is 4.71. The lowest BCUT2D eigenvalue weighted by atomic mass is 10.2. The SMILES string of the molecule is COc1ccc(N2CCN(CC(O)COc3cccc(C)c3)CC2)cc1.Cl.Cl. The number of nitrogens with zero attached hydrogens (tertiary/aromatic N) is 2. The molecule has 3 rings (SSSR count). The molecular formula is C21H30Cl2N2O3. The predicted octanol–water partition coefficient (Wildman–Crippen LogP) is 3.41. The van der Waals surface area contributed by atoms with Crippen LogP contribution in [0.15, 0.2) is 48.5 Å². The van der Waals surface area contributed by atoms with Crippen LogP contribution in [-0.4, -0.2) is 62.6 Å². The van der Waals surface area contributed by atoms with Gasteiger partial charge in [-0.15, -0.1) is 24.8 Å². The van der Waals surface area contributed by atoms with Crippen molar-refractivity contribution in [1.82, 2.24) is 4.90 Å². The molecule has 0 aliphatic carbocycles. The number of aliphatic hydroxyl groups excluding tert-OH is 1. The molecule has 0 amide bonds. The monoisotopic (exact) mass is 428 g/mol. The van der Waals surface area contributed by atoms with E-state index in [1.165, 1.54) is 5.69 Å². The summed E-state index contributed by atoms with van der Waals surface area (Å²) in [5.41, 5.74) is 2.38. The van der Waals surface area contributed by atoms with Gasteiger partial charge in [0.2, 0.25) is 0 Å². The van der Waals surface area contributed by atoms with E-state index < -0.39 is 6.10 Å². The lowest BCUT2D eigenvalue weighted by Gasteiger charge is -2.36. The highest BCUT2D eigenvalue weighted by atomic mass is 35.5. The number of benzene rings is 2. The summed E-state index contributed by atoms with van der Waals surface area (Å²) in [7, 11) is 1.68. The summed E-state index contributed by atoms with van der Waals surface area (Å²) >= 11 is 0. The predicted molar refractivity (Wildman–Crippen MR) is 119 cm³/mol. The molecule has 1 aliphatic heterocycles. The molecule has 1 fully saturated rings. The first-order valence-electron chi connectivity index (χ1n) is 9.13. The van der Waals surface area contributed by atoms with E-state index in [4.69, 9.17) is 9.47 Å². The maximum atomic E-state index is 10.3. The minimum atomic E-state index is -0.483. The number of aryl methyl sites for hydroxylation is 1. The first kappa shape index (κ1) is 24.4. The summed E-state index contributed by atoms with van der Waals surface area (Å²) in [4.78, 5) is 4.66. The molecule has 1 heterocycles. The first-order valence-corrected chi connectivity index (χ1v) is 9.13. The van der Waals surface area contributed by atoms with E-state index in [0.717, 1.165) is 43.2 Å². The zero-order valence-corrected chi connectivity index (χ0v) is 18.0. The molecule has 2 aromatic rings. The van der Waals surface area contributed by atoms with E-state index in [9.17, 15) is 5.11 Å². The molecule has 7 heteroatoms.